The van der Waals surface area contributed by atoms with Crippen LogP contribution < -0.4 is 4.90 Å². The number of carbonyl (C=O) groups excluding carboxylic acids is 1. The van der Waals surface area contributed by atoms with E-state index in [2.05, 4.69) is 28.9 Å². The summed E-state index contributed by atoms with van der Waals surface area (Å²) in [5, 5.41) is 0. The molecule has 2 aromatic rings. The lowest BCUT2D eigenvalue weighted by molar-refractivity contribution is 0.0302. The lowest BCUT2D eigenvalue weighted by atomic mass is 10.2. The minimum absolute atomic E-state index is 0.0202. The highest BCUT2D eigenvalue weighted by Gasteiger charge is 2.19. The molecule has 120 valence electrons. The van der Waals surface area contributed by atoms with E-state index in [4.69, 9.17) is 4.74 Å². The van der Waals surface area contributed by atoms with Gasteiger partial charge in [0.25, 0.3) is 5.91 Å². The highest BCUT2D eigenvalue weighted by Crippen LogP contribution is 2.25. The summed E-state index contributed by atoms with van der Waals surface area (Å²) in [6.07, 6.45) is 3.44. The van der Waals surface area contributed by atoms with E-state index in [1.165, 1.54) is 0 Å². The average Bonchev–Trinajstić information content (AvgIpc) is 2.64. The highest BCUT2D eigenvalue weighted by atomic mass is 16.5. The van der Waals surface area contributed by atoms with Gasteiger partial charge in [0, 0.05) is 31.5 Å². The van der Waals surface area contributed by atoms with Crippen LogP contribution in [-0.2, 0) is 4.74 Å². The molecule has 1 aromatic heterocycles. The number of rotatable bonds is 4. The van der Waals surface area contributed by atoms with Gasteiger partial charge in [-0.25, -0.2) is 0 Å². The predicted octanol–water partition coefficient (Wildman–Crippen LogP) is 2.71. The van der Waals surface area contributed by atoms with Crippen molar-refractivity contribution >= 4 is 17.3 Å². The summed E-state index contributed by atoms with van der Waals surface area (Å²) in [6.45, 7) is 5.37. The summed E-state index contributed by atoms with van der Waals surface area (Å²) < 4.78 is 5.31. The number of benzene rings is 1. The van der Waals surface area contributed by atoms with Crippen molar-refractivity contribution in [2.24, 2.45) is 0 Å². The van der Waals surface area contributed by atoms with Crippen LogP contribution in [0, 0.1) is 0 Å². The molecule has 0 aliphatic carbocycles. The summed E-state index contributed by atoms with van der Waals surface area (Å²) in [4.78, 5) is 20.9. The zero-order chi connectivity index (χ0) is 16.1. The molecule has 0 unspecified atom stereocenters. The molecule has 0 radical (unpaired) electrons. The number of amides is 1. The fourth-order valence-corrected chi connectivity index (χ4v) is 2.76. The minimum Gasteiger partial charge on any atom is -0.378 e. The molecule has 0 N–H and O–H groups in total. The van der Waals surface area contributed by atoms with Gasteiger partial charge < -0.3 is 14.5 Å². The maximum Gasteiger partial charge on any atom is 0.255 e. The Balaban J connectivity index is 1.85. The van der Waals surface area contributed by atoms with E-state index in [9.17, 15) is 4.79 Å². The van der Waals surface area contributed by atoms with Crippen molar-refractivity contribution in [2.45, 2.75) is 6.92 Å². The zero-order valence-corrected chi connectivity index (χ0v) is 13.3. The molecule has 5 nitrogen and oxygen atoms in total. The van der Waals surface area contributed by atoms with Crippen molar-refractivity contribution in [3.05, 3.63) is 54.4 Å². The van der Waals surface area contributed by atoms with Gasteiger partial charge in [-0.2, -0.15) is 0 Å². The Hall–Kier alpha value is -2.40. The van der Waals surface area contributed by atoms with Crippen molar-refractivity contribution in [3.63, 3.8) is 0 Å². The van der Waals surface area contributed by atoms with Crippen LogP contribution in [0.3, 0.4) is 0 Å². The van der Waals surface area contributed by atoms with E-state index >= 15 is 0 Å². The standard InChI is InChI=1S/C18H21N3O2/c1-2-21(16-6-4-3-5-7-16)17-12-15(13-19-14-17)18(22)20-8-10-23-11-9-20/h3-7,12-14H,2,8-11H2,1H3. The number of hydrogen-bond donors (Lipinski definition) is 0. The quantitative estimate of drug-likeness (QED) is 0.871. The van der Waals surface area contributed by atoms with Gasteiger partial charge in [0.2, 0.25) is 0 Å². The van der Waals surface area contributed by atoms with Crippen LogP contribution in [-0.4, -0.2) is 48.6 Å². The molecule has 0 bridgehead atoms. The minimum atomic E-state index is 0.0202. The maximum atomic E-state index is 12.6. The lowest BCUT2D eigenvalue weighted by Gasteiger charge is -2.27. The van der Waals surface area contributed by atoms with Crippen molar-refractivity contribution in [3.8, 4) is 0 Å². The first-order chi connectivity index (χ1) is 11.3. The average molecular weight is 311 g/mol. The Kier molecular flexibility index (Phi) is 4.88. The second-order valence-electron chi connectivity index (χ2n) is 5.42. The predicted molar refractivity (Wildman–Crippen MR) is 90.1 cm³/mol. The van der Waals surface area contributed by atoms with E-state index < -0.39 is 0 Å². The normalized spacial score (nSPS) is 14.6. The van der Waals surface area contributed by atoms with Crippen molar-refractivity contribution in [2.75, 3.05) is 37.7 Å². The van der Waals surface area contributed by atoms with Crippen molar-refractivity contribution in [1.29, 1.82) is 0 Å². The van der Waals surface area contributed by atoms with Crippen LogP contribution in [0.1, 0.15) is 17.3 Å². The first-order valence-electron chi connectivity index (χ1n) is 7.94. The number of aromatic nitrogens is 1. The molecule has 3 rings (SSSR count). The van der Waals surface area contributed by atoms with Gasteiger partial charge in [0.15, 0.2) is 0 Å². The van der Waals surface area contributed by atoms with Gasteiger partial charge in [-0.05, 0) is 25.1 Å². The van der Waals surface area contributed by atoms with E-state index in [1.807, 2.05) is 29.2 Å². The Morgan fingerprint density at radius 3 is 2.61 bits per heavy atom. The Morgan fingerprint density at radius 2 is 1.91 bits per heavy atom. The monoisotopic (exact) mass is 311 g/mol. The first kappa shape index (κ1) is 15.5. The van der Waals surface area contributed by atoms with Crippen molar-refractivity contribution in [1.82, 2.24) is 9.88 Å². The molecule has 5 heteroatoms. The Bertz CT molecular complexity index is 654. The number of hydrogen-bond acceptors (Lipinski definition) is 4. The third kappa shape index (κ3) is 3.51. The van der Waals surface area contributed by atoms with Gasteiger partial charge in [0.1, 0.15) is 0 Å². The summed E-state index contributed by atoms with van der Waals surface area (Å²) in [5.41, 5.74) is 2.64. The smallest absolute Gasteiger partial charge is 0.255 e. The largest absolute Gasteiger partial charge is 0.378 e. The Morgan fingerprint density at radius 1 is 1.17 bits per heavy atom. The molecule has 1 amide bonds. The van der Waals surface area contributed by atoms with E-state index in [-0.39, 0.29) is 5.91 Å². The van der Waals surface area contributed by atoms with Crippen LogP contribution in [0.5, 0.6) is 0 Å². The van der Waals surface area contributed by atoms with Gasteiger partial charge in [-0.1, -0.05) is 18.2 Å². The first-order valence-corrected chi connectivity index (χ1v) is 7.94. The number of morpholine rings is 1. The zero-order valence-electron chi connectivity index (χ0n) is 13.3. The molecular formula is C18H21N3O2. The maximum absolute atomic E-state index is 12.6. The molecule has 1 saturated heterocycles. The van der Waals surface area contributed by atoms with Crippen LogP contribution in [0.15, 0.2) is 48.8 Å². The topological polar surface area (TPSA) is 45.7 Å². The fraction of sp³-hybridized carbons (Fsp3) is 0.333. The number of ether oxygens (including phenoxy) is 1. The number of anilines is 2. The Labute approximate surface area is 136 Å². The second-order valence-corrected chi connectivity index (χ2v) is 5.42. The third-order valence-corrected chi connectivity index (χ3v) is 3.96. The van der Waals surface area contributed by atoms with Gasteiger partial charge in [-0.15, -0.1) is 0 Å². The van der Waals surface area contributed by atoms with E-state index in [1.54, 1.807) is 12.4 Å². The van der Waals surface area contributed by atoms with E-state index in [0.717, 1.165) is 17.9 Å². The van der Waals surface area contributed by atoms with E-state index in [0.29, 0.717) is 31.9 Å². The third-order valence-electron chi connectivity index (χ3n) is 3.96. The molecule has 0 saturated carbocycles. The van der Waals surface area contributed by atoms with Crippen LogP contribution in [0.2, 0.25) is 0 Å². The fourth-order valence-electron chi connectivity index (χ4n) is 2.76. The summed E-state index contributed by atoms with van der Waals surface area (Å²) >= 11 is 0. The van der Waals surface area contributed by atoms with Crippen molar-refractivity contribution < 1.29 is 9.53 Å². The number of para-hydroxylation sites is 1. The summed E-state index contributed by atoms with van der Waals surface area (Å²) in [6, 6.07) is 12.0. The summed E-state index contributed by atoms with van der Waals surface area (Å²) in [5.74, 6) is 0.0202. The molecular weight excluding hydrogens is 290 g/mol. The molecule has 1 aliphatic rings. The SMILES string of the molecule is CCN(c1ccccc1)c1cncc(C(=O)N2CCOCC2)c1. The van der Waals surface area contributed by atoms with Crippen LogP contribution >= 0.6 is 0 Å². The van der Waals surface area contributed by atoms with Gasteiger partial charge >= 0.3 is 0 Å². The lowest BCUT2D eigenvalue weighted by Crippen LogP contribution is -2.40. The number of pyridine rings is 1. The van der Waals surface area contributed by atoms with Crippen LogP contribution in [0.4, 0.5) is 11.4 Å². The van der Waals surface area contributed by atoms with Gasteiger partial charge in [0.05, 0.1) is 30.7 Å². The molecule has 2 heterocycles. The van der Waals surface area contributed by atoms with Crippen LogP contribution in [0.25, 0.3) is 0 Å². The molecule has 1 aliphatic heterocycles. The second kappa shape index (κ2) is 7.24. The summed E-state index contributed by atoms with van der Waals surface area (Å²) in [7, 11) is 0. The molecule has 1 aromatic carbocycles. The van der Waals surface area contributed by atoms with Gasteiger partial charge in [-0.3, -0.25) is 9.78 Å². The molecule has 0 spiro atoms. The molecule has 0 atom stereocenters. The highest BCUT2D eigenvalue weighted by molar-refractivity contribution is 5.95. The number of carbonyl (C=O) groups is 1. The molecule has 1 fully saturated rings. The number of nitrogens with zero attached hydrogens (tertiary/aromatic N) is 3. The molecule has 23 heavy (non-hydrogen) atoms.